The Bertz CT molecular complexity index is 1160. The Hall–Kier alpha value is -3.39. The fourth-order valence-corrected chi connectivity index (χ4v) is 4.96. The van der Waals surface area contributed by atoms with E-state index in [1.807, 2.05) is 40.8 Å². The van der Waals surface area contributed by atoms with Gasteiger partial charge in [0, 0.05) is 19.3 Å². The highest BCUT2D eigenvalue weighted by molar-refractivity contribution is 5.90. The molecule has 2 unspecified atom stereocenters. The summed E-state index contributed by atoms with van der Waals surface area (Å²) >= 11 is 0. The molecule has 2 aromatic rings. The normalized spacial score (nSPS) is 26.0. The highest BCUT2D eigenvalue weighted by Gasteiger charge is 2.46. The molecule has 0 aromatic carbocycles. The molecule has 35 heavy (non-hydrogen) atoms. The number of hydrogen-bond donors (Lipinski definition) is 2. The summed E-state index contributed by atoms with van der Waals surface area (Å²) in [5.74, 6) is 1.17. The Balaban J connectivity index is 1.50. The van der Waals surface area contributed by atoms with Gasteiger partial charge in [0.15, 0.2) is 0 Å². The summed E-state index contributed by atoms with van der Waals surface area (Å²) in [6.45, 7) is 12.4. The smallest absolute Gasteiger partial charge is 0.410 e. The fourth-order valence-electron chi connectivity index (χ4n) is 4.96. The maximum absolute atomic E-state index is 12.5. The number of H-pyrrole nitrogens is 1. The molecule has 4 heterocycles. The van der Waals surface area contributed by atoms with Gasteiger partial charge in [0.2, 0.25) is 0 Å². The third kappa shape index (κ3) is 4.89. The first-order valence-electron chi connectivity index (χ1n) is 12.2. The van der Waals surface area contributed by atoms with E-state index in [-0.39, 0.29) is 22.7 Å². The zero-order valence-corrected chi connectivity index (χ0v) is 21.3. The Morgan fingerprint density at radius 3 is 2.80 bits per heavy atom. The van der Waals surface area contributed by atoms with E-state index in [4.69, 9.17) is 15.5 Å². The number of hydrogen-bond acceptors (Lipinski definition) is 7. The first-order chi connectivity index (χ1) is 16.5. The van der Waals surface area contributed by atoms with Crippen LogP contribution in [0.3, 0.4) is 0 Å². The van der Waals surface area contributed by atoms with Crippen LogP contribution >= 0.6 is 0 Å². The largest absolute Gasteiger partial charge is 0.444 e. The number of rotatable bonds is 2. The standard InChI is InChI=1S/C24H36N9O2/c1-16-11-27-20-19(16)21(29-15-28-20)31-9-10-33(14-25,17(2)12-31)22(26)30-18-7-6-8-32(13-18)23(34)35-24(3,4)5/h11,15,17-18H,6-10,12-13H2,1-5H3,(H2,26,30)(H,27,28,29)/q+1/t17?,18?,33-/m0/s1. The second kappa shape index (κ2) is 9.34. The molecule has 2 aromatic heterocycles. The van der Waals surface area contributed by atoms with Gasteiger partial charge in [0.1, 0.15) is 36.0 Å². The molecule has 3 N–H and O–H groups in total. The van der Waals surface area contributed by atoms with Gasteiger partial charge in [-0.15, -0.1) is 5.26 Å². The summed E-state index contributed by atoms with van der Waals surface area (Å²) in [7, 11) is 0. The lowest BCUT2D eigenvalue weighted by molar-refractivity contribution is -0.802. The van der Waals surface area contributed by atoms with Crippen molar-refractivity contribution < 1.29 is 14.0 Å². The van der Waals surface area contributed by atoms with Gasteiger partial charge in [-0.05, 0) is 53.0 Å². The third-order valence-corrected chi connectivity index (χ3v) is 6.86. The Kier molecular flexibility index (Phi) is 6.60. The number of aliphatic imine (C=N–C) groups is 1. The number of likely N-dealkylation sites (tertiary alicyclic amines) is 1. The number of amides is 1. The SMILES string of the molecule is Cc1c[nH]c2ncnc(N3CC[N@@+](C#N)(C(N)=NC4CCCN(C(=O)OC(C)(C)C)C4)C(C)C3)c12. The predicted molar refractivity (Wildman–Crippen MR) is 133 cm³/mol. The molecule has 4 rings (SSSR count). The van der Waals surface area contributed by atoms with Gasteiger partial charge in [-0.2, -0.15) is 4.48 Å². The lowest BCUT2D eigenvalue weighted by atomic mass is 10.1. The van der Waals surface area contributed by atoms with E-state index in [1.54, 1.807) is 11.2 Å². The molecule has 3 atom stereocenters. The number of guanidine groups is 1. The summed E-state index contributed by atoms with van der Waals surface area (Å²) in [4.78, 5) is 33.3. The van der Waals surface area contributed by atoms with Crippen molar-refractivity contribution in [2.24, 2.45) is 10.7 Å². The zero-order valence-electron chi connectivity index (χ0n) is 21.3. The number of aryl methyl sites for hydroxylation is 1. The van der Waals surface area contributed by atoms with E-state index in [0.29, 0.717) is 38.7 Å². The molecule has 0 spiro atoms. The van der Waals surface area contributed by atoms with Crippen molar-refractivity contribution >= 4 is 28.9 Å². The molecule has 1 amide bonds. The first-order valence-corrected chi connectivity index (χ1v) is 12.2. The van der Waals surface area contributed by atoms with Crippen LogP contribution in [0.15, 0.2) is 17.5 Å². The van der Waals surface area contributed by atoms with Crippen LogP contribution in [0.4, 0.5) is 10.6 Å². The number of nitrogens with one attached hydrogen (secondary N) is 1. The first kappa shape index (κ1) is 24.7. The third-order valence-electron chi connectivity index (χ3n) is 6.86. The number of aromatic nitrogens is 3. The number of aromatic amines is 1. The quantitative estimate of drug-likeness (QED) is 0.290. The summed E-state index contributed by atoms with van der Waals surface area (Å²) in [5, 5.41) is 11.2. The number of nitriles is 1. The summed E-state index contributed by atoms with van der Waals surface area (Å²) in [6.07, 6.45) is 7.24. The number of carbonyl (C=O) groups is 1. The Morgan fingerprint density at radius 2 is 2.11 bits per heavy atom. The van der Waals surface area contributed by atoms with Crippen LogP contribution in [0.5, 0.6) is 0 Å². The monoisotopic (exact) mass is 482 g/mol. The minimum absolute atomic E-state index is 0.0419. The second-order valence-corrected chi connectivity index (χ2v) is 10.6. The number of anilines is 1. The molecular weight excluding hydrogens is 446 g/mol. The van der Waals surface area contributed by atoms with Crippen LogP contribution in [-0.4, -0.2) is 86.8 Å². The van der Waals surface area contributed by atoms with Gasteiger partial charge in [-0.1, -0.05) is 0 Å². The summed E-state index contributed by atoms with van der Waals surface area (Å²) < 4.78 is 5.48. The average molecular weight is 483 g/mol. The van der Waals surface area contributed by atoms with E-state index in [0.717, 1.165) is 35.3 Å². The molecule has 0 bridgehead atoms. The van der Waals surface area contributed by atoms with Crippen molar-refractivity contribution in [2.75, 3.05) is 37.6 Å². The van der Waals surface area contributed by atoms with Crippen molar-refractivity contribution in [3.05, 3.63) is 18.1 Å². The van der Waals surface area contributed by atoms with Crippen molar-refractivity contribution in [3.8, 4) is 6.19 Å². The minimum atomic E-state index is -0.550. The molecule has 11 heteroatoms. The van der Waals surface area contributed by atoms with E-state index in [1.165, 1.54) is 0 Å². The summed E-state index contributed by atoms with van der Waals surface area (Å²) in [6, 6.07) is -0.277. The van der Waals surface area contributed by atoms with E-state index < -0.39 is 5.60 Å². The Morgan fingerprint density at radius 1 is 1.34 bits per heavy atom. The molecule has 2 fully saturated rings. The van der Waals surface area contributed by atoms with Crippen molar-refractivity contribution in [2.45, 2.75) is 65.1 Å². The van der Waals surface area contributed by atoms with Crippen molar-refractivity contribution in [1.29, 1.82) is 5.26 Å². The van der Waals surface area contributed by atoms with Gasteiger partial charge in [-0.25, -0.2) is 19.8 Å². The van der Waals surface area contributed by atoms with Crippen LogP contribution in [0.25, 0.3) is 11.0 Å². The van der Waals surface area contributed by atoms with E-state index in [9.17, 15) is 10.1 Å². The van der Waals surface area contributed by atoms with Crippen molar-refractivity contribution in [1.82, 2.24) is 19.9 Å². The molecule has 11 nitrogen and oxygen atoms in total. The lowest BCUT2D eigenvalue weighted by Crippen LogP contribution is -2.67. The maximum Gasteiger partial charge on any atom is 0.410 e. The fraction of sp³-hybridized carbons (Fsp3) is 0.625. The lowest BCUT2D eigenvalue weighted by Gasteiger charge is -2.42. The number of ether oxygens (including phenoxy) is 1. The Labute approximate surface area is 206 Å². The number of carbonyl (C=O) groups excluding carboxylic acids is 1. The molecule has 0 aliphatic carbocycles. The van der Waals surface area contributed by atoms with Gasteiger partial charge >= 0.3 is 18.2 Å². The van der Waals surface area contributed by atoms with Crippen LogP contribution in [0.1, 0.15) is 46.1 Å². The predicted octanol–water partition coefficient (Wildman–Crippen LogP) is 2.49. The average Bonchev–Trinajstić information content (AvgIpc) is 3.19. The molecule has 2 aliphatic heterocycles. The molecule has 2 saturated heterocycles. The molecule has 0 radical (unpaired) electrons. The maximum atomic E-state index is 12.5. The van der Waals surface area contributed by atoms with Crippen molar-refractivity contribution in [3.63, 3.8) is 0 Å². The number of fused-ring (bicyclic) bond motifs is 1. The number of quaternary nitrogens is 1. The summed E-state index contributed by atoms with van der Waals surface area (Å²) in [5.41, 5.74) is 7.88. The highest BCUT2D eigenvalue weighted by atomic mass is 16.6. The second-order valence-electron chi connectivity index (χ2n) is 10.6. The number of nitrogens with two attached hydrogens (primary N) is 1. The number of nitrogens with zero attached hydrogens (tertiary/aromatic N) is 7. The van der Waals surface area contributed by atoms with Crippen LogP contribution in [-0.2, 0) is 4.74 Å². The topological polar surface area (TPSA) is 137 Å². The van der Waals surface area contributed by atoms with Gasteiger partial charge in [0.05, 0.1) is 24.5 Å². The van der Waals surface area contributed by atoms with Gasteiger partial charge in [0.25, 0.3) is 0 Å². The van der Waals surface area contributed by atoms with Gasteiger partial charge in [-0.3, -0.25) is 0 Å². The van der Waals surface area contributed by atoms with Crippen LogP contribution < -0.4 is 10.6 Å². The molecule has 0 saturated carbocycles. The molecule has 188 valence electrons. The van der Waals surface area contributed by atoms with E-state index >= 15 is 0 Å². The van der Waals surface area contributed by atoms with E-state index in [2.05, 4.69) is 26.0 Å². The number of piperidine rings is 1. The van der Waals surface area contributed by atoms with Crippen LogP contribution in [0, 0.1) is 18.4 Å². The molecular formula is C24H36N9O2+. The minimum Gasteiger partial charge on any atom is -0.444 e. The van der Waals surface area contributed by atoms with Gasteiger partial charge < -0.3 is 25.3 Å². The highest BCUT2D eigenvalue weighted by Crippen LogP contribution is 2.30. The van der Waals surface area contributed by atoms with Crippen LogP contribution in [0.2, 0.25) is 0 Å². The number of piperazine rings is 1. The molecule has 2 aliphatic rings. The zero-order chi connectivity index (χ0) is 25.4.